The fourth-order valence-electron chi connectivity index (χ4n) is 3.22. The van der Waals surface area contributed by atoms with Gasteiger partial charge in [-0.2, -0.15) is 0 Å². The smallest absolute Gasteiger partial charge is 0.257 e. The molecule has 20 heavy (non-hydrogen) atoms. The molecule has 0 aliphatic heterocycles. The molecule has 0 atom stereocenters. The molecule has 0 unspecified atom stereocenters. The first kappa shape index (κ1) is 13.6. The van der Waals surface area contributed by atoms with Crippen molar-refractivity contribution in [2.75, 3.05) is 6.54 Å². The molecule has 1 aromatic carbocycles. The highest BCUT2D eigenvalue weighted by molar-refractivity contribution is 5.94. The Morgan fingerprint density at radius 1 is 1.10 bits per heavy atom. The number of carbonyl (C=O) groups excluding carboxylic acids is 1. The third-order valence-electron chi connectivity index (χ3n) is 4.53. The molecule has 0 heterocycles. The molecular formula is C17H22FNO. The summed E-state index contributed by atoms with van der Waals surface area (Å²) in [4.78, 5) is 14.5. The molecule has 0 N–H and O–H groups in total. The molecular weight excluding hydrogens is 253 g/mol. The maximum atomic E-state index is 13.8. The Morgan fingerprint density at radius 3 is 2.45 bits per heavy atom. The molecule has 2 saturated carbocycles. The zero-order valence-electron chi connectivity index (χ0n) is 11.9. The van der Waals surface area contributed by atoms with Gasteiger partial charge in [0.1, 0.15) is 5.82 Å². The van der Waals surface area contributed by atoms with Crippen LogP contribution in [-0.4, -0.2) is 23.4 Å². The molecule has 1 aromatic rings. The molecule has 2 aliphatic rings. The molecule has 0 saturated heterocycles. The van der Waals surface area contributed by atoms with Crippen LogP contribution in [-0.2, 0) is 0 Å². The second-order valence-corrected chi connectivity index (χ2v) is 6.17. The topological polar surface area (TPSA) is 20.3 Å². The molecule has 2 nitrogen and oxygen atoms in total. The minimum absolute atomic E-state index is 0.115. The monoisotopic (exact) mass is 275 g/mol. The SMILES string of the molecule is O=C(c1ccccc1F)N(CC1CCCCC1)C1CC1. The van der Waals surface area contributed by atoms with Crippen LogP contribution in [0.2, 0.25) is 0 Å². The van der Waals surface area contributed by atoms with Gasteiger partial charge in [0.25, 0.3) is 5.91 Å². The van der Waals surface area contributed by atoms with Gasteiger partial charge in [0.15, 0.2) is 0 Å². The molecule has 108 valence electrons. The van der Waals surface area contributed by atoms with E-state index in [4.69, 9.17) is 0 Å². The number of nitrogens with zero attached hydrogens (tertiary/aromatic N) is 1. The van der Waals surface area contributed by atoms with E-state index in [0.29, 0.717) is 12.0 Å². The van der Waals surface area contributed by atoms with Gasteiger partial charge < -0.3 is 4.90 Å². The zero-order chi connectivity index (χ0) is 13.9. The van der Waals surface area contributed by atoms with Crippen molar-refractivity contribution in [1.82, 2.24) is 4.90 Å². The third kappa shape index (κ3) is 3.02. The molecule has 3 heteroatoms. The van der Waals surface area contributed by atoms with E-state index >= 15 is 0 Å². The predicted molar refractivity (Wildman–Crippen MR) is 77.0 cm³/mol. The molecule has 0 aromatic heterocycles. The van der Waals surface area contributed by atoms with Gasteiger partial charge >= 0.3 is 0 Å². The van der Waals surface area contributed by atoms with Crippen LogP contribution in [0.15, 0.2) is 24.3 Å². The van der Waals surface area contributed by atoms with Gasteiger partial charge in [-0.1, -0.05) is 31.4 Å². The Bertz CT molecular complexity index is 478. The highest BCUT2D eigenvalue weighted by Crippen LogP contribution is 2.32. The van der Waals surface area contributed by atoms with Crippen LogP contribution in [0.4, 0.5) is 4.39 Å². The first-order valence-electron chi connectivity index (χ1n) is 7.81. The van der Waals surface area contributed by atoms with Crippen molar-refractivity contribution < 1.29 is 9.18 Å². The summed E-state index contributed by atoms with van der Waals surface area (Å²) in [7, 11) is 0. The van der Waals surface area contributed by atoms with Gasteiger partial charge in [-0.3, -0.25) is 4.79 Å². The summed E-state index contributed by atoms with van der Waals surface area (Å²) in [5.41, 5.74) is 0.232. The fourth-order valence-corrected chi connectivity index (χ4v) is 3.22. The Hall–Kier alpha value is -1.38. The lowest BCUT2D eigenvalue weighted by Gasteiger charge is -2.30. The van der Waals surface area contributed by atoms with E-state index in [9.17, 15) is 9.18 Å². The minimum Gasteiger partial charge on any atom is -0.335 e. The number of hydrogen-bond donors (Lipinski definition) is 0. The Balaban J connectivity index is 1.73. The Morgan fingerprint density at radius 2 is 1.80 bits per heavy atom. The molecule has 1 amide bonds. The van der Waals surface area contributed by atoms with Crippen molar-refractivity contribution in [1.29, 1.82) is 0 Å². The second kappa shape index (κ2) is 5.94. The van der Waals surface area contributed by atoms with Gasteiger partial charge in [-0.05, 0) is 43.7 Å². The number of rotatable bonds is 4. The average molecular weight is 275 g/mol. The van der Waals surface area contributed by atoms with Crippen molar-refractivity contribution in [3.05, 3.63) is 35.6 Å². The second-order valence-electron chi connectivity index (χ2n) is 6.17. The van der Waals surface area contributed by atoms with Crippen LogP contribution in [0.1, 0.15) is 55.3 Å². The summed E-state index contributed by atoms with van der Waals surface area (Å²) in [6, 6.07) is 6.70. The average Bonchev–Trinajstić information content (AvgIpc) is 3.30. The van der Waals surface area contributed by atoms with Crippen LogP contribution < -0.4 is 0 Å². The van der Waals surface area contributed by atoms with Crippen LogP contribution in [0.3, 0.4) is 0 Å². The summed E-state index contributed by atoms with van der Waals surface area (Å²) in [6.07, 6.45) is 8.46. The fraction of sp³-hybridized carbons (Fsp3) is 0.588. The zero-order valence-corrected chi connectivity index (χ0v) is 11.9. The summed E-state index contributed by atoms with van der Waals surface area (Å²) >= 11 is 0. The van der Waals surface area contributed by atoms with E-state index in [2.05, 4.69) is 0 Å². The Kier molecular flexibility index (Phi) is 4.04. The van der Waals surface area contributed by atoms with E-state index in [1.54, 1.807) is 18.2 Å². The van der Waals surface area contributed by atoms with Crippen LogP contribution in [0.5, 0.6) is 0 Å². The Labute approximate surface area is 120 Å². The molecule has 0 radical (unpaired) electrons. The maximum absolute atomic E-state index is 13.8. The van der Waals surface area contributed by atoms with Crippen molar-refractivity contribution in [3.8, 4) is 0 Å². The molecule has 0 bridgehead atoms. The van der Waals surface area contributed by atoms with Gasteiger partial charge in [0.05, 0.1) is 5.56 Å². The van der Waals surface area contributed by atoms with E-state index in [1.807, 2.05) is 4.90 Å². The van der Waals surface area contributed by atoms with E-state index in [0.717, 1.165) is 19.4 Å². The number of halogens is 1. The number of benzene rings is 1. The first-order valence-corrected chi connectivity index (χ1v) is 7.81. The standard InChI is InChI=1S/C17H22FNO/c18-16-9-5-4-8-15(16)17(20)19(14-10-11-14)12-13-6-2-1-3-7-13/h4-5,8-9,13-14H,1-3,6-7,10-12H2. The van der Waals surface area contributed by atoms with Gasteiger partial charge in [0, 0.05) is 12.6 Å². The number of amides is 1. The van der Waals surface area contributed by atoms with Gasteiger partial charge in [-0.15, -0.1) is 0 Å². The van der Waals surface area contributed by atoms with Gasteiger partial charge in [0.2, 0.25) is 0 Å². The van der Waals surface area contributed by atoms with Gasteiger partial charge in [-0.25, -0.2) is 4.39 Å². The van der Waals surface area contributed by atoms with Crippen LogP contribution >= 0.6 is 0 Å². The highest BCUT2D eigenvalue weighted by Gasteiger charge is 2.35. The lowest BCUT2D eigenvalue weighted by atomic mass is 9.88. The number of carbonyl (C=O) groups is 1. The normalized spacial score (nSPS) is 19.9. The minimum atomic E-state index is -0.396. The number of hydrogen-bond acceptors (Lipinski definition) is 1. The quantitative estimate of drug-likeness (QED) is 0.813. The van der Waals surface area contributed by atoms with E-state index in [1.165, 1.54) is 38.2 Å². The van der Waals surface area contributed by atoms with Crippen LogP contribution in [0.25, 0.3) is 0 Å². The lowest BCUT2D eigenvalue weighted by molar-refractivity contribution is 0.0694. The van der Waals surface area contributed by atoms with E-state index in [-0.39, 0.29) is 11.5 Å². The molecule has 2 fully saturated rings. The summed E-state index contributed by atoms with van der Waals surface area (Å²) in [6.45, 7) is 0.817. The molecule has 0 spiro atoms. The van der Waals surface area contributed by atoms with Crippen molar-refractivity contribution in [2.45, 2.75) is 51.0 Å². The van der Waals surface area contributed by atoms with Crippen LogP contribution in [0, 0.1) is 11.7 Å². The molecule has 2 aliphatic carbocycles. The third-order valence-corrected chi connectivity index (χ3v) is 4.53. The molecule has 3 rings (SSSR count). The first-order chi connectivity index (χ1) is 9.75. The largest absolute Gasteiger partial charge is 0.335 e. The lowest BCUT2D eigenvalue weighted by Crippen LogP contribution is -2.38. The van der Waals surface area contributed by atoms with Crippen molar-refractivity contribution in [2.24, 2.45) is 5.92 Å². The van der Waals surface area contributed by atoms with Crippen molar-refractivity contribution in [3.63, 3.8) is 0 Å². The predicted octanol–water partition coefficient (Wildman–Crippen LogP) is 4.01. The highest BCUT2D eigenvalue weighted by atomic mass is 19.1. The van der Waals surface area contributed by atoms with E-state index < -0.39 is 5.82 Å². The maximum Gasteiger partial charge on any atom is 0.257 e. The summed E-state index contributed by atoms with van der Waals surface area (Å²) in [5, 5.41) is 0. The summed E-state index contributed by atoms with van der Waals surface area (Å²) < 4.78 is 13.8. The van der Waals surface area contributed by atoms with Crippen molar-refractivity contribution >= 4 is 5.91 Å². The summed E-state index contributed by atoms with van der Waals surface area (Å²) in [5.74, 6) is 0.100.